The van der Waals surface area contributed by atoms with Gasteiger partial charge in [-0.15, -0.1) is 0 Å². The van der Waals surface area contributed by atoms with Crippen LogP contribution in [0.15, 0.2) is 91.0 Å². The van der Waals surface area contributed by atoms with Crippen LogP contribution in [-0.2, 0) is 9.59 Å². The molecule has 8 heteroatoms. The van der Waals surface area contributed by atoms with Crippen molar-refractivity contribution in [1.29, 1.82) is 0 Å². The summed E-state index contributed by atoms with van der Waals surface area (Å²) in [6.45, 7) is 6.22. The van der Waals surface area contributed by atoms with Crippen molar-refractivity contribution >= 4 is 47.0 Å². The maximum atomic E-state index is 14.0. The Morgan fingerprint density at radius 2 is 1.05 bits per heavy atom. The number of nitrogen functional groups attached to an aromatic ring is 2. The van der Waals surface area contributed by atoms with Crippen LogP contribution in [0.3, 0.4) is 0 Å². The molecule has 0 heterocycles. The normalized spacial score (nSPS) is 19.2. The second-order valence-corrected chi connectivity index (χ2v) is 17.1. The summed E-state index contributed by atoms with van der Waals surface area (Å²) >= 11 is 0. The summed E-state index contributed by atoms with van der Waals surface area (Å²) in [6.07, 6.45) is 21.6. The number of ether oxygens (including phenoxy) is 2. The van der Waals surface area contributed by atoms with Crippen molar-refractivity contribution < 1.29 is 28.7 Å². The minimum Gasteiger partial charge on any atom is -0.426 e. The fourth-order valence-electron chi connectivity index (χ4n) is 8.84. The molecule has 6 rings (SSSR count). The summed E-state index contributed by atoms with van der Waals surface area (Å²) in [6, 6.07) is 22.8. The molecule has 0 amide bonds. The standard InChI is InChI=1S/C53H62N2O6/c1-4-6-8-36-10-20-40(21-11-36)52(58)60-43-25-14-38(15-26-43)18-32-49(56)47-34-42(54)24-29-45(47)46-30-31-48(55)35(3)51(46)50(57)33-19-39-16-27-44(28-17-39)61-53(59)41-22-12-37(13-23-41)9-7-5-2/h14-19,24-34,36-37,40-41H,4-13,20-23,54-55H2,1-3H3. The van der Waals surface area contributed by atoms with Gasteiger partial charge in [-0.25, -0.2) is 0 Å². The molecule has 0 unspecified atom stereocenters. The summed E-state index contributed by atoms with van der Waals surface area (Å²) in [5.74, 6) is 1.34. The number of anilines is 2. The zero-order chi connectivity index (χ0) is 43.3. The first-order valence-corrected chi connectivity index (χ1v) is 22.4. The topological polar surface area (TPSA) is 139 Å². The van der Waals surface area contributed by atoms with E-state index < -0.39 is 0 Å². The molecule has 0 saturated heterocycles. The Morgan fingerprint density at radius 3 is 1.52 bits per heavy atom. The summed E-state index contributed by atoms with van der Waals surface area (Å²) in [4.78, 5) is 53.6. The van der Waals surface area contributed by atoms with Crippen LogP contribution in [0.2, 0.25) is 0 Å². The first-order valence-electron chi connectivity index (χ1n) is 22.4. The molecule has 0 bridgehead atoms. The van der Waals surface area contributed by atoms with Crippen LogP contribution in [0.25, 0.3) is 23.3 Å². The Morgan fingerprint density at radius 1 is 0.590 bits per heavy atom. The summed E-state index contributed by atoms with van der Waals surface area (Å²) < 4.78 is 11.5. The SMILES string of the molecule is CCCCC1CCC(C(=O)Oc2ccc(C=CC(=O)c3cc(N)ccc3-c3ccc(N)c(C)c3C(=O)C=Cc3ccc(OC(=O)C4CCC(CCCC)CC4)cc3)cc2)CC1. The Balaban J connectivity index is 1.10. The Labute approximate surface area is 361 Å². The van der Waals surface area contributed by atoms with Crippen LogP contribution in [0, 0.1) is 30.6 Å². The molecular formula is C53H62N2O6. The van der Waals surface area contributed by atoms with E-state index in [9.17, 15) is 19.2 Å². The van der Waals surface area contributed by atoms with E-state index in [2.05, 4.69) is 13.8 Å². The lowest BCUT2D eigenvalue weighted by Gasteiger charge is -2.27. The molecule has 0 radical (unpaired) electrons. The summed E-state index contributed by atoms with van der Waals surface area (Å²) in [7, 11) is 0. The van der Waals surface area contributed by atoms with Gasteiger partial charge in [-0.05, 0) is 153 Å². The van der Waals surface area contributed by atoms with Gasteiger partial charge < -0.3 is 20.9 Å². The Kier molecular flexibility index (Phi) is 15.9. The molecule has 0 atom stereocenters. The van der Waals surface area contributed by atoms with Crippen molar-refractivity contribution in [3.8, 4) is 22.6 Å². The number of unbranched alkanes of at least 4 members (excludes halogenated alkanes) is 2. The number of esters is 2. The number of hydrogen-bond acceptors (Lipinski definition) is 8. The van der Waals surface area contributed by atoms with E-state index in [4.69, 9.17) is 20.9 Å². The van der Waals surface area contributed by atoms with Crippen LogP contribution in [0.5, 0.6) is 11.5 Å². The molecule has 0 aliphatic heterocycles. The van der Waals surface area contributed by atoms with E-state index in [-0.39, 0.29) is 35.3 Å². The minimum absolute atomic E-state index is 0.0645. The lowest BCUT2D eigenvalue weighted by atomic mass is 9.80. The Hall–Kier alpha value is -5.76. The first kappa shape index (κ1) is 44.8. The van der Waals surface area contributed by atoms with Gasteiger partial charge in [-0.1, -0.05) is 101 Å². The summed E-state index contributed by atoms with van der Waals surface area (Å²) in [5, 5.41) is 0. The first-order chi connectivity index (χ1) is 29.5. The van der Waals surface area contributed by atoms with E-state index in [1.54, 1.807) is 85.8 Å². The third-order valence-corrected chi connectivity index (χ3v) is 12.7. The predicted octanol–water partition coefficient (Wildman–Crippen LogP) is 12.4. The highest BCUT2D eigenvalue weighted by molar-refractivity contribution is 6.16. The van der Waals surface area contributed by atoms with Crippen LogP contribution < -0.4 is 20.9 Å². The van der Waals surface area contributed by atoms with E-state index in [0.29, 0.717) is 62.5 Å². The number of carbonyl (C=O) groups is 4. The van der Waals surface area contributed by atoms with E-state index in [1.807, 2.05) is 12.1 Å². The molecule has 2 fully saturated rings. The van der Waals surface area contributed by atoms with Gasteiger partial charge in [0.15, 0.2) is 11.6 Å². The van der Waals surface area contributed by atoms with Crippen molar-refractivity contribution in [1.82, 2.24) is 0 Å². The smallest absolute Gasteiger partial charge is 0.314 e. The number of ketones is 2. The number of nitrogens with two attached hydrogens (primary N) is 2. The van der Waals surface area contributed by atoms with Crippen molar-refractivity contribution in [2.75, 3.05) is 11.5 Å². The third kappa shape index (κ3) is 12.2. The predicted molar refractivity (Wildman–Crippen MR) is 246 cm³/mol. The van der Waals surface area contributed by atoms with Crippen LogP contribution in [-0.4, -0.2) is 23.5 Å². The zero-order valence-electron chi connectivity index (χ0n) is 36.1. The average Bonchev–Trinajstić information content (AvgIpc) is 3.28. The molecule has 2 saturated carbocycles. The number of benzene rings is 4. The quantitative estimate of drug-likeness (QED) is 0.0353. The molecular weight excluding hydrogens is 761 g/mol. The van der Waals surface area contributed by atoms with Gasteiger partial charge >= 0.3 is 11.9 Å². The van der Waals surface area contributed by atoms with Gasteiger partial charge in [-0.2, -0.15) is 0 Å². The van der Waals surface area contributed by atoms with Gasteiger partial charge in [0.1, 0.15) is 11.5 Å². The molecule has 4 aromatic carbocycles. The maximum Gasteiger partial charge on any atom is 0.314 e. The third-order valence-electron chi connectivity index (χ3n) is 12.7. The largest absolute Gasteiger partial charge is 0.426 e. The van der Waals surface area contributed by atoms with Gasteiger partial charge in [0.25, 0.3) is 0 Å². The highest BCUT2D eigenvalue weighted by Crippen LogP contribution is 2.36. The van der Waals surface area contributed by atoms with Gasteiger partial charge in [-0.3, -0.25) is 19.2 Å². The lowest BCUT2D eigenvalue weighted by molar-refractivity contribution is -0.141. The Bertz CT molecular complexity index is 2200. The van der Waals surface area contributed by atoms with Gasteiger partial charge in [0.05, 0.1) is 11.8 Å². The average molecular weight is 823 g/mol. The molecule has 4 aromatic rings. The molecule has 0 aromatic heterocycles. The summed E-state index contributed by atoms with van der Waals surface area (Å²) in [5.41, 5.74) is 17.3. The number of carbonyl (C=O) groups excluding carboxylic acids is 4. The number of allylic oxidation sites excluding steroid dienone is 2. The molecule has 0 spiro atoms. The second kappa shape index (κ2) is 21.7. The van der Waals surface area contributed by atoms with Crippen molar-refractivity contribution in [3.05, 3.63) is 119 Å². The molecule has 8 nitrogen and oxygen atoms in total. The highest BCUT2D eigenvalue weighted by atomic mass is 16.5. The van der Waals surface area contributed by atoms with Crippen molar-refractivity contribution in [3.63, 3.8) is 0 Å². The number of rotatable bonds is 17. The zero-order valence-corrected chi connectivity index (χ0v) is 36.1. The van der Waals surface area contributed by atoms with Crippen molar-refractivity contribution in [2.24, 2.45) is 23.7 Å². The van der Waals surface area contributed by atoms with E-state index in [1.165, 1.54) is 50.7 Å². The lowest BCUT2D eigenvalue weighted by Crippen LogP contribution is -2.25. The molecule has 320 valence electrons. The van der Waals surface area contributed by atoms with E-state index >= 15 is 0 Å². The monoisotopic (exact) mass is 822 g/mol. The fourth-order valence-corrected chi connectivity index (χ4v) is 8.84. The molecule has 4 N–H and O–H groups in total. The van der Waals surface area contributed by atoms with Crippen LogP contribution in [0.1, 0.15) is 141 Å². The van der Waals surface area contributed by atoms with Gasteiger partial charge in [0.2, 0.25) is 0 Å². The minimum atomic E-state index is -0.295. The van der Waals surface area contributed by atoms with Crippen LogP contribution in [0.4, 0.5) is 11.4 Å². The highest BCUT2D eigenvalue weighted by Gasteiger charge is 2.29. The van der Waals surface area contributed by atoms with Crippen molar-refractivity contribution in [2.45, 2.75) is 111 Å². The molecule has 2 aliphatic carbocycles. The maximum absolute atomic E-state index is 14.0. The van der Waals surface area contributed by atoms with Crippen LogP contribution >= 0.6 is 0 Å². The van der Waals surface area contributed by atoms with E-state index in [0.717, 1.165) is 62.5 Å². The molecule has 61 heavy (non-hydrogen) atoms. The molecule has 2 aliphatic rings. The fraction of sp³-hybridized carbons (Fsp3) is 0.396. The second-order valence-electron chi connectivity index (χ2n) is 17.1. The number of hydrogen-bond donors (Lipinski definition) is 2. The van der Waals surface area contributed by atoms with Gasteiger partial charge in [0, 0.05) is 22.5 Å².